The summed E-state index contributed by atoms with van der Waals surface area (Å²) in [6, 6.07) is 9.61. The molecule has 16 heteroatoms. The number of carbonyl (C=O) groups is 5. The van der Waals surface area contributed by atoms with Crippen LogP contribution in [0.15, 0.2) is 59.8 Å². The molecule has 1 spiro atoms. The first-order valence-electron chi connectivity index (χ1n) is 20.2. The second-order valence-corrected chi connectivity index (χ2v) is 16.0. The van der Waals surface area contributed by atoms with Gasteiger partial charge in [-0.15, -0.1) is 0 Å². The molecule has 16 nitrogen and oxygen atoms in total. The highest BCUT2D eigenvalue weighted by molar-refractivity contribution is 6.24. The van der Waals surface area contributed by atoms with Crippen molar-refractivity contribution in [3.63, 3.8) is 0 Å². The van der Waals surface area contributed by atoms with E-state index in [2.05, 4.69) is 20.5 Å². The Morgan fingerprint density at radius 2 is 1.67 bits per heavy atom. The lowest BCUT2D eigenvalue weighted by Crippen LogP contribution is -2.54. The van der Waals surface area contributed by atoms with Gasteiger partial charge in [0.15, 0.2) is 0 Å². The Balaban J connectivity index is 0.768. The van der Waals surface area contributed by atoms with Gasteiger partial charge < -0.3 is 28.8 Å². The van der Waals surface area contributed by atoms with Gasteiger partial charge in [-0.25, -0.2) is 0 Å². The summed E-state index contributed by atoms with van der Waals surface area (Å²) in [4.78, 5) is 83.3. The quantitative estimate of drug-likeness (QED) is 0.140. The van der Waals surface area contributed by atoms with Crippen molar-refractivity contribution < 1.29 is 42.9 Å². The lowest BCUT2D eigenvalue weighted by Gasteiger charge is -2.52. The van der Waals surface area contributed by atoms with Crippen molar-refractivity contribution in [3.8, 4) is 28.4 Å². The highest BCUT2D eigenvalue weighted by Gasteiger charge is 2.47. The number of methoxy groups -OCH3 is 2. The number of nitrogens with zero attached hydrogens (tertiary/aromatic N) is 4. The molecule has 2 saturated heterocycles. The third kappa shape index (κ3) is 7.84. The van der Waals surface area contributed by atoms with Crippen LogP contribution in [0.25, 0.3) is 21.9 Å². The van der Waals surface area contributed by atoms with E-state index in [1.54, 1.807) is 50.4 Å². The van der Waals surface area contributed by atoms with Crippen molar-refractivity contribution in [1.82, 2.24) is 30.0 Å². The molecule has 2 aromatic heterocycles. The number of aromatic nitrogens is 2. The first-order valence-corrected chi connectivity index (χ1v) is 20.2. The Hall–Kier alpha value is -6.13. The largest absolute Gasteiger partial charge is 0.496 e. The summed E-state index contributed by atoms with van der Waals surface area (Å²) in [5.41, 5.74) is 3.06. The van der Waals surface area contributed by atoms with Gasteiger partial charge in [0, 0.05) is 56.6 Å². The number of benzene rings is 2. The van der Waals surface area contributed by atoms with Crippen LogP contribution in [-0.4, -0.2) is 108 Å². The molecule has 2 aromatic carbocycles. The van der Waals surface area contributed by atoms with Gasteiger partial charge in [-0.3, -0.25) is 48.9 Å². The van der Waals surface area contributed by atoms with Crippen molar-refractivity contribution in [2.75, 3.05) is 47.1 Å². The number of aryl methyl sites for hydroxylation is 1. The number of nitrogens with one attached hydrogen (secondary N) is 2. The van der Waals surface area contributed by atoms with Gasteiger partial charge in [0.05, 0.1) is 49.5 Å². The average molecular weight is 821 g/mol. The molecule has 0 bridgehead atoms. The maximum Gasteiger partial charge on any atom is 0.266 e. The normalized spacial score (nSPS) is 19.0. The summed E-state index contributed by atoms with van der Waals surface area (Å²) in [6.07, 6.45) is 9.36. The summed E-state index contributed by atoms with van der Waals surface area (Å²) in [6.45, 7) is 2.93. The third-order valence-electron chi connectivity index (χ3n) is 12.3. The van der Waals surface area contributed by atoms with Crippen LogP contribution in [0.3, 0.4) is 0 Å². The van der Waals surface area contributed by atoms with E-state index in [-0.39, 0.29) is 78.9 Å². The number of ether oxygens (including phenoxy) is 4. The van der Waals surface area contributed by atoms with Gasteiger partial charge in [0.1, 0.15) is 29.9 Å². The summed E-state index contributed by atoms with van der Waals surface area (Å²) in [5.74, 6) is -0.791. The molecule has 2 N–H and O–H groups in total. The van der Waals surface area contributed by atoms with Crippen molar-refractivity contribution in [2.24, 2.45) is 12.5 Å². The zero-order chi connectivity index (χ0) is 42.1. The molecule has 8 rings (SSSR count). The third-order valence-corrected chi connectivity index (χ3v) is 12.3. The fourth-order valence-electron chi connectivity index (χ4n) is 9.12. The standard InChI is InChI=1S/C44H48N6O10/c1-48-24-31(28-9-13-45-23-30(28)41(48)54)26-19-35(57-2)32(36(20-26)58-3)25-49-14-11-44(12-15-49)21-27(22-44)46-38(52)10-16-59-17-18-60-34-6-4-5-29-39(34)43(56)50(42(29)55)33-7-8-37(51)47-40(33)53/h4-6,9,13,19-20,23-24,27,33H,7-8,10-12,14-18,21-22,25H2,1-3H3,(H,46,52)(H,47,51,53). The Morgan fingerprint density at radius 3 is 2.38 bits per heavy atom. The van der Waals surface area contributed by atoms with Crippen LogP contribution in [0.1, 0.15) is 71.2 Å². The van der Waals surface area contributed by atoms with E-state index in [0.717, 1.165) is 77.2 Å². The first kappa shape index (κ1) is 40.6. The van der Waals surface area contributed by atoms with Gasteiger partial charge >= 0.3 is 0 Å². The molecule has 4 aliphatic rings. The van der Waals surface area contributed by atoms with Gasteiger partial charge in [0.25, 0.3) is 17.4 Å². The van der Waals surface area contributed by atoms with Crippen molar-refractivity contribution >= 4 is 40.3 Å². The number of fused-ring (bicyclic) bond motifs is 2. The Morgan fingerprint density at radius 1 is 0.917 bits per heavy atom. The number of piperidine rings is 2. The van der Waals surface area contributed by atoms with Crippen molar-refractivity contribution in [3.05, 3.63) is 82.0 Å². The number of likely N-dealkylation sites (tertiary alicyclic amines) is 1. The molecule has 1 aliphatic carbocycles. The lowest BCUT2D eigenvalue weighted by atomic mass is 9.60. The minimum absolute atomic E-state index is 0.0361. The van der Waals surface area contributed by atoms with E-state index in [1.165, 1.54) is 6.07 Å². The monoisotopic (exact) mass is 820 g/mol. The molecule has 5 amide bonds. The number of hydrogen-bond acceptors (Lipinski definition) is 12. The smallest absolute Gasteiger partial charge is 0.266 e. The van der Waals surface area contributed by atoms with Crippen LogP contribution in [0.5, 0.6) is 17.2 Å². The number of imide groups is 2. The predicted octanol–water partition coefficient (Wildman–Crippen LogP) is 3.37. The van der Waals surface area contributed by atoms with Crippen LogP contribution in [0, 0.1) is 5.41 Å². The number of rotatable bonds is 14. The molecule has 1 saturated carbocycles. The van der Waals surface area contributed by atoms with Gasteiger partial charge in [-0.05, 0) is 91.9 Å². The second kappa shape index (κ2) is 16.9. The Bertz CT molecular complexity index is 2410. The fourth-order valence-corrected chi connectivity index (χ4v) is 9.12. The zero-order valence-electron chi connectivity index (χ0n) is 33.9. The Labute approximate surface area is 346 Å². The predicted molar refractivity (Wildman–Crippen MR) is 218 cm³/mol. The SMILES string of the molecule is COc1cc(-c2cn(C)c(=O)c3cnccc23)cc(OC)c1CN1CCC2(CC1)CC(NC(=O)CCOCCOc1cccc3c1C(=O)N(C1CCC(=O)NC1=O)C3=O)C2. The van der Waals surface area contributed by atoms with Gasteiger partial charge in [-0.2, -0.15) is 0 Å². The van der Waals surface area contributed by atoms with Crippen LogP contribution in [0.4, 0.5) is 0 Å². The number of amides is 5. The van der Waals surface area contributed by atoms with E-state index >= 15 is 0 Å². The Kier molecular flexibility index (Phi) is 11.4. The van der Waals surface area contributed by atoms with Gasteiger partial charge in [0.2, 0.25) is 17.7 Å². The molecule has 5 heterocycles. The lowest BCUT2D eigenvalue weighted by molar-refractivity contribution is -0.136. The maximum atomic E-state index is 13.3. The first-order chi connectivity index (χ1) is 29.0. The molecule has 1 unspecified atom stereocenters. The second-order valence-electron chi connectivity index (χ2n) is 16.0. The van der Waals surface area contributed by atoms with Crippen LogP contribution in [0.2, 0.25) is 0 Å². The van der Waals surface area contributed by atoms with Crippen molar-refractivity contribution in [1.29, 1.82) is 0 Å². The summed E-state index contributed by atoms with van der Waals surface area (Å²) >= 11 is 0. The van der Waals surface area contributed by atoms with Crippen LogP contribution < -0.4 is 30.4 Å². The number of carbonyl (C=O) groups excluding carboxylic acids is 5. The highest BCUT2D eigenvalue weighted by atomic mass is 16.5. The minimum Gasteiger partial charge on any atom is -0.496 e. The molecule has 60 heavy (non-hydrogen) atoms. The molecule has 314 valence electrons. The summed E-state index contributed by atoms with van der Waals surface area (Å²) in [7, 11) is 5.05. The van der Waals surface area contributed by atoms with Crippen LogP contribution >= 0.6 is 0 Å². The van der Waals surface area contributed by atoms with Crippen molar-refractivity contribution in [2.45, 2.75) is 63.6 Å². The molecule has 1 atom stereocenters. The van der Waals surface area contributed by atoms with E-state index in [0.29, 0.717) is 11.9 Å². The van der Waals surface area contributed by atoms with E-state index in [4.69, 9.17) is 18.9 Å². The highest BCUT2D eigenvalue weighted by Crippen LogP contribution is 2.49. The number of pyridine rings is 2. The fraction of sp³-hybridized carbons (Fsp3) is 0.432. The average Bonchev–Trinajstić information content (AvgIpc) is 3.49. The molecular formula is C44H48N6O10. The molecule has 4 aromatic rings. The molecule has 3 fully saturated rings. The topological polar surface area (TPSA) is 188 Å². The summed E-state index contributed by atoms with van der Waals surface area (Å²) < 4.78 is 24.9. The van der Waals surface area contributed by atoms with Gasteiger partial charge in [-0.1, -0.05) is 6.07 Å². The number of hydrogen-bond donors (Lipinski definition) is 2. The maximum absolute atomic E-state index is 13.3. The van der Waals surface area contributed by atoms with Crippen LogP contribution in [-0.2, 0) is 32.7 Å². The van der Waals surface area contributed by atoms with E-state index in [9.17, 15) is 28.8 Å². The van der Waals surface area contributed by atoms with E-state index < -0.39 is 29.7 Å². The zero-order valence-corrected chi connectivity index (χ0v) is 33.9. The van der Waals surface area contributed by atoms with E-state index in [1.807, 2.05) is 24.4 Å². The molecule has 3 aliphatic heterocycles. The molecular weight excluding hydrogens is 773 g/mol. The summed E-state index contributed by atoms with van der Waals surface area (Å²) in [5, 5.41) is 6.71. The molecule has 0 radical (unpaired) electrons. The minimum atomic E-state index is -1.06.